The summed E-state index contributed by atoms with van der Waals surface area (Å²) in [4.78, 5) is 14.4. The highest BCUT2D eigenvalue weighted by Gasteiger charge is 2.20. The molecule has 1 amide bonds. The summed E-state index contributed by atoms with van der Waals surface area (Å²) in [5.74, 6) is -1.25. The van der Waals surface area contributed by atoms with Crippen LogP contribution >= 0.6 is 0 Å². The highest BCUT2D eigenvalue weighted by Crippen LogP contribution is 2.21. The molecule has 132 valence electrons. The van der Waals surface area contributed by atoms with E-state index in [2.05, 4.69) is 4.90 Å². The van der Waals surface area contributed by atoms with Gasteiger partial charge in [0.25, 0.3) is 15.9 Å². The molecule has 0 unspecified atom stereocenters. The number of benzene rings is 2. The molecule has 0 radical (unpaired) electrons. The van der Waals surface area contributed by atoms with E-state index in [9.17, 15) is 17.6 Å². The molecule has 1 aliphatic rings. The van der Waals surface area contributed by atoms with Crippen molar-refractivity contribution in [3.8, 4) is 0 Å². The van der Waals surface area contributed by atoms with Crippen LogP contribution in [-0.2, 0) is 10.0 Å². The van der Waals surface area contributed by atoms with Crippen molar-refractivity contribution in [3.05, 3.63) is 59.9 Å². The summed E-state index contributed by atoms with van der Waals surface area (Å²) in [6, 6.07) is 11.2. The van der Waals surface area contributed by atoms with Gasteiger partial charge in [0.2, 0.25) is 0 Å². The van der Waals surface area contributed by atoms with Crippen LogP contribution in [0.2, 0.25) is 0 Å². The molecule has 0 aliphatic carbocycles. The minimum absolute atomic E-state index is 0.158. The average molecular weight is 362 g/mol. The Morgan fingerprint density at radius 3 is 2.36 bits per heavy atom. The van der Waals surface area contributed by atoms with Crippen LogP contribution in [0.25, 0.3) is 0 Å². The Balaban J connectivity index is 1.77. The van der Waals surface area contributed by atoms with Crippen molar-refractivity contribution < 1.29 is 17.6 Å². The summed E-state index contributed by atoms with van der Waals surface area (Å²) in [5, 5.41) is 0. The number of nitrogens with zero attached hydrogens (tertiary/aromatic N) is 1. The molecule has 1 heterocycles. The van der Waals surface area contributed by atoms with E-state index in [4.69, 9.17) is 0 Å². The number of rotatable bonds is 4. The maximum absolute atomic E-state index is 12.9. The Kier molecular flexibility index (Phi) is 5.03. The molecule has 3 rings (SSSR count). The van der Waals surface area contributed by atoms with Gasteiger partial charge >= 0.3 is 0 Å². The third-order valence-corrected chi connectivity index (χ3v) is 5.53. The highest BCUT2D eigenvalue weighted by molar-refractivity contribution is 7.90. The molecular weight excluding hydrogens is 343 g/mol. The van der Waals surface area contributed by atoms with E-state index < -0.39 is 21.7 Å². The van der Waals surface area contributed by atoms with Crippen LogP contribution in [0.4, 0.5) is 10.1 Å². The number of piperidine rings is 1. The first kappa shape index (κ1) is 17.4. The smallest absolute Gasteiger partial charge is 0.265 e. The minimum Gasteiger partial charge on any atom is -0.372 e. The molecule has 0 bridgehead atoms. The molecule has 0 spiro atoms. The molecule has 0 atom stereocenters. The van der Waals surface area contributed by atoms with Crippen LogP contribution in [0.1, 0.15) is 29.6 Å². The molecule has 25 heavy (non-hydrogen) atoms. The van der Waals surface area contributed by atoms with Crippen molar-refractivity contribution in [3.63, 3.8) is 0 Å². The fourth-order valence-corrected chi connectivity index (χ4v) is 3.82. The molecule has 5 nitrogen and oxygen atoms in total. The number of nitrogens with one attached hydrogen (secondary N) is 1. The first-order valence-electron chi connectivity index (χ1n) is 8.13. The van der Waals surface area contributed by atoms with E-state index >= 15 is 0 Å². The number of carbonyl (C=O) groups excluding carboxylic acids is 1. The van der Waals surface area contributed by atoms with Gasteiger partial charge in [-0.25, -0.2) is 17.5 Å². The van der Waals surface area contributed by atoms with E-state index in [1.54, 1.807) is 18.2 Å². The van der Waals surface area contributed by atoms with Crippen LogP contribution in [0.15, 0.2) is 53.4 Å². The van der Waals surface area contributed by atoms with Crippen LogP contribution in [0.3, 0.4) is 0 Å². The fraction of sp³-hybridized carbons (Fsp3) is 0.278. The molecule has 2 aromatic carbocycles. The molecule has 1 N–H and O–H groups in total. The molecule has 0 aromatic heterocycles. The zero-order valence-corrected chi connectivity index (χ0v) is 14.4. The van der Waals surface area contributed by atoms with Gasteiger partial charge in [0, 0.05) is 24.3 Å². The lowest BCUT2D eigenvalue weighted by molar-refractivity contribution is 0.0981. The van der Waals surface area contributed by atoms with Crippen molar-refractivity contribution in [2.45, 2.75) is 24.2 Å². The summed E-state index contributed by atoms with van der Waals surface area (Å²) < 4.78 is 39.5. The molecule has 2 aromatic rings. The summed E-state index contributed by atoms with van der Waals surface area (Å²) >= 11 is 0. The van der Waals surface area contributed by atoms with Crippen molar-refractivity contribution in [2.75, 3.05) is 18.0 Å². The van der Waals surface area contributed by atoms with Gasteiger partial charge in [0.15, 0.2) is 0 Å². The Morgan fingerprint density at radius 1 is 1.00 bits per heavy atom. The van der Waals surface area contributed by atoms with Gasteiger partial charge in [0.05, 0.1) is 4.90 Å². The second-order valence-corrected chi connectivity index (χ2v) is 7.67. The highest BCUT2D eigenvalue weighted by atomic mass is 32.2. The van der Waals surface area contributed by atoms with Gasteiger partial charge in [-0.15, -0.1) is 0 Å². The molecule has 1 aliphatic heterocycles. The molecule has 7 heteroatoms. The lowest BCUT2D eigenvalue weighted by Gasteiger charge is -2.29. The van der Waals surface area contributed by atoms with Gasteiger partial charge in [0.1, 0.15) is 5.82 Å². The maximum atomic E-state index is 12.9. The summed E-state index contributed by atoms with van der Waals surface area (Å²) in [6.07, 6.45) is 3.41. The van der Waals surface area contributed by atoms with Crippen LogP contribution in [-0.4, -0.2) is 27.4 Å². The average Bonchev–Trinajstić information content (AvgIpc) is 2.62. The third kappa shape index (κ3) is 4.17. The first-order valence-corrected chi connectivity index (χ1v) is 9.62. The van der Waals surface area contributed by atoms with Gasteiger partial charge in [-0.05, 0) is 61.7 Å². The molecule has 0 saturated carbocycles. The van der Waals surface area contributed by atoms with E-state index in [0.29, 0.717) is 0 Å². The standard InChI is InChI=1S/C18H19FN2O3S/c19-15-7-9-17(10-8-15)25(23,24)20-18(22)14-5-4-6-16(13-14)21-11-2-1-3-12-21/h4-10,13H,1-3,11-12H2,(H,20,22). The zero-order valence-electron chi connectivity index (χ0n) is 13.6. The third-order valence-electron chi connectivity index (χ3n) is 4.18. The van der Waals surface area contributed by atoms with Crippen LogP contribution in [0.5, 0.6) is 0 Å². The zero-order chi connectivity index (χ0) is 17.9. The largest absolute Gasteiger partial charge is 0.372 e. The van der Waals surface area contributed by atoms with Crippen molar-refractivity contribution in [1.82, 2.24) is 4.72 Å². The number of amides is 1. The normalized spacial score (nSPS) is 15.0. The monoisotopic (exact) mass is 362 g/mol. The number of hydrogen-bond donors (Lipinski definition) is 1. The van der Waals surface area contributed by atoms with Crippen molar-refractivity contribution >= 4 is 21.6 Å². The predicted octanol–water partition coefficient (Wildman–Crippen LogP) is 2.93. The molecule has 1 saturated heterocycles. The van der Waals surface area contributed by atoms with E-state index in [1.807, 2.05) is 10.8 Å². The van der Waals surface area contributed by atoms with E-state index in [-0.39, 0.29) is 10.5 Å². The fourth-order valence-electron chi connectivity index (χ4n) is 2.85. The number of halogens is 1. The minimum atomic E-state index is -4.04. The lowest BCUT2D eigenvalue weighted by atomic mass is 10.1. The first-order chi connectivity index (χ1) is 12.0. The Hall–Kier alpha value is -2.41. The van der Waals surface area contributed by atoms with E-state index in [0.717, 1.165) is 55.9 Å². The second-order valence-electron chi connectivity index (χ2n) is 5.99. The summed E-state index contributed by atoms with van der Waals surface area (Å²) in [5.41, 5.74) is 1.18. The second kappa shape index (κ2) is 7.23. The maximum Gasteiger partial charge on any atom is 0.265 e. The van der Waals surface area contributed by atoms with E-state index in [1.165, 1.54) is 6.42 Å². The summed E-state index contributed by atoms with van der Waals surface area (Å²) in [7, 11) is -4.04. The Morgan fingerprint density at radius 2 is 1.68 bits per heavy atom. The molecular formula is C18H19FN2O3S. The van der Waals surface area contributed by atoms with Crippen LogP contribution < -0.4 is 9.62 Å². The lowest BCUT2D eigenvalue weighted by Crippen LogP contribution is -2.32. The van der Waals surface area contributed by atoms with Crippen molar-refractivity contribution in [2.24, 2.45) is 0 Å². The number of hydrogen-bond acceptors (Lipinski definition) is 4. The van der Waals surface area contributed by atoms with Gasteiger partial charge in [-0.2, -0.15) is 0 Å². The van der Waals surface area contributed by atoms with Crippen LogP contribution in [0, 0.1) is 5.82 Å². The predicted molar refractivity (Wildman–Crippen MR) is 93.6 cm³/mol. The number of anilines is 1. The SMILES string of the molecule is O=C(NS(=O)(=O)c1ccc(F)cc1)c1cccc(N2CCCCC2)c1. The Labute approximate surface area is 146 Å². The van der Waals surface area contributed by atoms with Gasteiger partial charge in [-0.1, -0.05) is 6.07 Å². The topological polar surface area (TPSA) is 66.5 Å². The number of carbonyl (C=O) groups is 1. The molecule has 1 fully saturated rings. The van der Waals surface area contributed by atoms with Crippen molar-refractivity contribution in [1.29, 1.82) is 0 Å². The summed E-state index contributed by atoms with van der Waals surface area (Å²) in [6.45, 7) is 1.86. The number of sulfonamides is 1. The quantitative estimate of drug-likeness (QED) is 0.908. The van der Waals surface area contributed by atoms with Gasteiger partial charge in [-0.3, -0.25) is 4.79 Å². The van der Waals surface area contributed by atoms with Gasteiger partial charge < -0.3 is 4.90 Å². The Bertz CT molecular complexity index is 860.